The zero-order valence-corrected chi connectivity index (χ0v) is 12.1. The van der Waals surface area contributed by atoms with Crippen LogP contribution in [0.4, 0.5) is 17.8 Å². The van der Waals surface area contributed by atoms with Crippen LogP contribution in [-0.2, 0) is 9.47 Å². The van der Waals surface area contributed by atoms with E-state index in [1.54, 1.807) is 7.11 Å². The number of methoxy groups -OCH3 is 1. The molecule has 8 heteroatoms. The van der Waals surface area contributed by atoms with Gasteiger partial charge in [0.1, 0.15) is 0 Å². The van der Waals surface area contributed by atoms with Gasteiger partial charge in [-0.25, -0.2) is 0 Å². The molecule has 20 heavy (non-hydrogen) atoms. The maximum atomic E-state index is 5.35. The van der Waals surface area contributed by atoms with E-state index >= 15 is 0 Å². The van der Waals surface area contributed by atoms with E-state index in [2.05, 4.69) is 30.5 Å². The Bertz CT molecular complexity index is 411. The van der Waals surface area contributed by atoms with E-state index in [4.69, 9.17) is 9.47 Å². The Labute approximate surface area is 118 Å². The molecule has 0 saturated carbocycles. The van der Waals surface area contributed by atoms with Gasteiger partial charge in [0.2, 0.25) is 17.8 Å². The van der Waals surface area contributed by atoms with E-state index in [-0.39, 0.29) is 0 Å². The molecule has 1 aliphatic heterocycles. The third-order valence-corrected chi connectivity index (χ3v) is 2.84. The van der Waals surface area contributed by atoms with E-state index < -0.39 is 0 Å². The maximum Gasteiger partial charge on any atom is 0.232 e. The highest BCUT2D eigenvalue weighted by Gasteiger charge is 2.16. The van der Waals surface area contributed by atoms with Gasteiger partial charge in [0, 0.05) is 33.3 Å². The minimum Gasteiger partial charge on any atom is -0.383 e. The smallest absolute Gasteiger partial charge is 0.232 e. The van der Waals surface area contributed by atoms with Gasteiger partial charge in [-0.1, -0.05) is 0 Å². The number of rotatable bonds is 7. The summed E-state index contributed by atoms with van der Waals surface area (Å²) in [5.74, 6) is 1.83. The van der Waals surface area contributed by atoms with Crippen molar-refractivity contribution in [3.05, 3.63) is 0 Å². The van der Waals surface area contributed by atoms with Crippen molar-refractivity contribution in [1.82, 2.24) is 15.0 Å². The molecule has 2 N–H and O–H groups in total. The predicted octanol–water partition coefficient (Wildman–Crippen LogP) is 0.198. The second kappa shape index (κ2) is 7.81. The molecule has 0 unspecified atom stereocenters. The lowest BCUT2D eigenvalue weighted by Crippen LogP contribution is -2.37. The van der Waals surface area contributed by atoms with E-state index in [0.717, 1.165) is 19.6 Å². The third-order valence-electron chi connectivity index (χ3n) is 2.84. The number of morpholine rings is 1. The predicted molar refractivity (Wildman–Crippen MR) is 77.4 cm³/mol. The Morgan fingerprint density at radius 3 is 2.50 bits per heavy atom. The molecule has 1 aromatic heterocycles. The highest BCUT2D eigenvalue weighted by Crippen LogP contribution is 2.14. The van der Waals surface area contributed by atoms with Gasteiger partial charge in [-0.05, 0) is 6.92 Å². The fraction of sp³-hybridized carbons (Fsp3) is 0.750. The van der Waals surface area contributed by atoms with Gasteiger partial charge in [-0.2, -0.15) is 15.0 Å². The second-order valence-electron chi connectivity index (χ2n) is 4.33. The summed E-state index contributed by atoms with van der Waals surface area (Å²) in [5, 5.41) is 6.27. The van der Waals surface area contributed by atoms with Crippen molar-refractivity contribution in [2.45, 2.75) is 6.92 Å². The van der Waals surface area contributed by atoms with Gasteiger partial charge < -0.3 is 25.0 Å². The quantitative estimate of drug-likeness (QED) is 0.686. The van der Waals surface area contributed by atoms with Crippen LogP contribution in [0.1, 0.15) is 6.92 Å². The lowest BCUT2D eigenvalue weighted by atomic mass is 10.4. The molecule has 1 saturated heterocycles. The molecule has 0 aromatic carbocycles. The average molecular weight is 282 g/mol. The first-order chi connectivity index (χ1) is 9.83. The van der Waals surface area contributed by atoms with Crippen LogP contribution in [-0.4, -0.2) is 68.1 Å². The summed E-state index contributed by atoms with van der Waals surface area (Å²) >= 11 is 0. The Kier molecular flexibility index (Phi) is 5.75. The molecule has 0 spiro atoms. The molecule has 1 aliphatic rings. The molecular weight excluding hydrogens is 260 g/mol. The van der Waals surface area contributed by atoms with Gasteiger partial charge in [0.05, 0.1) is 19.8 Å². The van der Waals surface area contributed by atoms with Crippen LogP contribution in [0.3, 0.4) is 0 Å². The van der Waals surface area contributed by atoms with Gasteiger partial charge in [0.15, 0.2) is 0 Å². The largest absolute Gasteiger partial charge is 0.383 e. The molecule has 0 bridgehead atoms. The zero-order valence-electron chi connectivity index (χ0n) is 12.1. The second-order valence-corrected chi connectivity index (χ2v) is 4.33. The molecule has 0 atom stereocenters. The summed E-state index contributed by atoms with van der Waals surface area (Å²) in [6.45, 7) is 7.05. The van der Waals surface area contributed by atoms with Crippen LogP contribution in [0.15, 0.2) is 0 Å². The highest BCUT2D eigenvalue weighted by molar-refractivity contribution is 5.44. The van der Waals surface area contributed by atoms with E-state index in [1.807, 2.05) is 6.92 Å². The fourth-order valence-electron chi connectivity index (χ4n) is 1.85. The molecule has 0 aliphatic carbocycles. The minimum absolute atomic E-state index is 0.564. The van der Waals surface area contributed by atoms with Crippen LogP contribution in [0.2, 0.25) is 0 Å². The summed E-state index contributed by atoms with van der Waals surface area (Å²) in [6, 6.07) is 0. The summed E-state index contributed by atoms with van der Waals surface area (Å²) in [5.41, 5.74) is 0. The van der Waals surface area contributed by atoms with Crippen LogP contribution in [0, 0.1) is 0 Å². The molecule has 1 aromatic rings. The van der Waals surface area contributed by atoms with Crippen molar-refractivity contribution >= 4 is 17.8 Å². The molecular formula is C12H22N6O2. The monoisotopic (exact) mass is 282 g/mol. The van der Waals surface area contributed by atoms with Crippen molar-refractivity contribution in [1.29, 1.82) is 0 Å². The standard InChI is InChI=1S/C12H22N6O2/c1-3-13-10-15-11(14-4-7-19-2)17-12(16-10)18-5-8-20-9-6-18/h3-9H2,1-2H3,(H2,13,14,15,16,17). The van der Waals surface area contributed by atoms with Crippen LogP contribution in [0.5, 0.6) is 0 Å². The highest BCUT2D eigenvalue weighted by atomic mass is 16.5. The van der Waals surface area contributed by atoms with Crippen molar-refractivity contribution in [3.8, 4) is 0 Å². The van der Waals surface area contributed by atoms with Gasteiger partial charge in [0.25, 0.3) is 0 Å². The summed E-state index contributed by atoms with van der Waals surface area (Å²) in [4.78, 5) is 15.3. The van der Waals surface area contributed by atoms with E-state index in [9.17, 15) is 0 Å². The summed E-state index contributed by atoms with van der Waals surface area (Å²) in [6.07, 6.45) is 0. The van der Waals surface area contributed by atoms with E-state index in [1.165, 1.54) is 0 Å². The minimum atomic E-state index is 0.564. The van der Waals surface area contributed by atoms with Gasteiger partial charge in [-0.3, -0.25) is 0 Å². The van der Waals surface area contributed by atoms with Crippen molar-refractivity contribution in [2.24, 2.45) is 0 Å². The van der Waals surface area contributed by atoms with Crippen LogP contribution >= 0.6 is 0 Å². The Hall–Kier alpha value is -1.67. The van der Waals surface area contributed by atoms with Crippen LogP contribution in [0.25, 0.3) is 0 Å². The number of anilines is 3. The van der Waals surface area contributed by atoms with Gasteiger partial charge >= 0.3 is 0 Å². The molecule has 0 radical (unpaired) electrons. The maximum absolute atomic E-state index is 5.35. The lowest BCUT2D eigenvalue weighted by Gasteiger charge is -2.27. The molecule has 0 amide bonds. The SMILES string of the molecule is CCNc1nc(NCCOC)nc(N2CCOCC2)n1. The van der Waals surface area contributed by atoms with Crippen molar-refractivity contribution in [3.63, 3.8) is 0 Å². The number of nitrogens with zero attached hydrogens (tertiary/aromatic N) is 4. The Balaban J connectivity index is 2.11. The first-order valence-electron chi connectivity index (χ1n) is 6.89. The summed E-state index contributed by atoms with van der Waals surface area (Å²) in [7, 11) is 1.66. The molecule has 112 valence electrons. The van der Waals surface area contributed by atoms with Gasteiger partial charge in [-0.15, -0.1) is 0 Å². The number of hydrogen-bond donors (Lipinski definition) is 2. The zero-order chi connectivity index (χ0) is 14.2. The number of nitrogens with one attached hydrogen (secondary N) is 2. The summed E-state index contributed by atoms with van der Waals surface area (Å²) < 4.78 is 10.4. The first kappa shape index (κ1) is 14.7. The third kappa shape index (κ3) is 4.17. The molecule has 2 rings (SSSR count). The Morgan fingerprint density at radius 2 is 1.85 bits per heavy atom. The van der Waals surface area contributed by atoms with Crippen molar-refractivity contribution in [2.75, 3.05) is 68.6 Å². The molecule has 8 nitrogen and oxygen atoms in total. The molecule has 2 heterocycles. The molecule has 1 fully saturated rings. The van der Waals surface area contributed by atoms with E-state index in [0.29, 0.717) is 44.2 Å². The van der Waals surface area contributed by atoms with Crippen molar-refractivity contribution < 1.29 is 9.47 Å². The Morgan fingerprint density at radius 1 is 1.15 bits per heavy atom. The number of aromatic nitrogens is 3. The first-order valence-corrected chi connectivity index (χ1v) is 6.89. The fourth-order valence-corrected chi connectivity index (χ4v) is 1.85. The topological polar surface area (TPSA) is 84.4 Å². The average Bonchev–Trinajstić information content (AvgIpc) is 2.49. The number of hydrogen-bond acceptors (Lipinski definition) is 8. The normalized spacial score (nSPS) is 15.2. The number of ether oxygens (including phenoxy) is 2. The lowest BCUT2D eigenvalue weighted by molar-refractivity contribution is 0.122. The van der Waals surface area contributed by atoms with Crippen LogP contribution < -0.4 is 15.5 Å².